The normalized spacial score (nSPS) is 23.6. The molecule has 0 aliphatic carbocycles. The van der Waals surface area contributed by atoms with Crippen LogP contribution in [-0.4, -0.2) is 130 Å². The highest BCUT2D eigenvalue weighted by Crippen LogP contribution is 2.34. The van der Waals surface area contributed by atoms with Crippen molar-refractivity contribution >= 4 is 52.7 Å². The lowest BCUT2D eigenvalue weighted by Gasteiger charge is -2.45. The Morgan fingerprint density at radius 2 is 1.25 bits per heavy atom. The van der Waals surface area contributed by atoms with Crippen molar-refractivity contribution in [3.8, 4) is 0 Å². The molecule has 4 aliphatic rings. The predicted molar refractivity (Wildman–Crippen MR) is 236 cm³/mol. The molecule has 5 N–H and O–H groups in total. The third kappa shape index (κ3) is 12.2. The average molecular weight is 845 g/mol. The van der Waals surface area contributed by atoms with Crippen LogP contribution >= 0.6 is 0 Å². The molecular weight excluding hydrogens is 777 g/mol. The molecule has 4 fully saturated rings. The maximum atomic E-state index is 13.7. The number of nitrogens with two attached hydrogens (primary N) is 1. The van der Waals surface area contributed by atoms with E-state index in [9.17, 15) is 24.0 Å². The second kappa shape index (κ2) is 19.9. The number of aryl methyl sites for hydroxylation is 1. The minimum absolute atomic E-state index is 0.0347. The van der Waals surface area contributed by atoms with Gasteiger partial charge in [0.25, 0.3) is 0 Å². The molecule has 2 aromatic heterocycles. The maximum Gasteiger partial charge on any atom is 0.413 e. The number of ether oxygens (including phenoxy) is 1. The summed E-state index contributed by atoms with van der Waals surface area (Å²) in [4.78, 5) is 83.4. The van der Waals surface area contributed by atoms with Crippen molar-refractivity contribution in [1.29, 1.82) is 0 Å². The highest BCUT2D eigenvalue weighted by atomic mass is 16.6. The first-order chi connectivity index (χ1) is 28.9. The molecule has 61 heavy (non-hydrogen) atoms. The number of amides is 5. The van der Waals surface area contributed by atoms with E-state index in [1.807, 2.05) is 11.0 Å². The summed E-state index contributed by atoms with van der Waals surface area (Å²) in [7, 11) is 2.13. The Morgan fingerprint density at radius 3 is 1.77 bits per heavy atom. The van der Waals surface area contributed by atoms with Gasteiger partial charge in [-0.3, -0.25) is 24.5 Å². The molecule has 16 heteroatoms. The molecule has 5 amide bonds. The van der Waals surface area contributed by atoms with Crippen molar-refractivity contribution in [2.24, 2.45) is 23.7 Å². The van der Waals surface area contributed by atoms with Gasteiger partial charge in [-0.15, -0.1) is 0 Å². The fraction of sp³-hybridized carbons (Fsp3) is 0.667. The van der Waals surface area contributed by atoms with Gasteiger partial charge in [0.1, 0.15) is 17.2 Å². The van der Waals surface area contributed by atoms with E-state index in [0.717, 1.165) is 89.7 Å². The summed E-state index contributed by atoms with van der Waals surface area (Å²) in [5.41, 5.74) is 7.90. The van der Waals surface area contributed by atoms with E-state index in [2.05, 4.69) is 56.6 Å². The van der Waals surface area contributed by atoms with Crippen LogP contribution in [0.1, 0.15) is 97.1 Å². The van der Waals surface area contributed by atoms with E-state index in [-0.39, 0.29) is 23.9 Å². The molecule has 0 spiro atoms. The number of carbonyl (C=O) groups is 5. The van der Waals surface area contributed by atoms with Crippen LogP contribution in [0.25, 0.3) is 0 Å². The summed E-state index contributed by atoms with van der Waals surface area (Å²) < 4.78 is 5.31. The van der Waals surface area contributed by atoms with Crippen LogP contribution in [0.5, 0.6) is 0 Å². The van der Waals surface area contributed by atoms with Gasteiger partial charge in [-0.2, -0.15) is 0 Å². The van der Waals surface area contributed by atoms with E-state index in [1.54, 1.807) is 38.7 Å². The van der Waals surface area contributed by atoms with E-state index < -0.39 is 35.3 Å². The Balaban J connectivity index is 0.995. The molecule has 2 aromatic rings. The number of pyridine rings is 2. The van der Waals surface area contributed by atoms with E-state index in [1.165, 1.54) is 12.4 Å². The first kappa shape index (κ1) is 45.7. The molecule has 0 unspecified atom stereocenters. The number of likely N-dealkylation sites (tertiary alicyclic amines) is 4. The zero-order valence-corrected chi connectivity index (χ0v) is 37.3. The number of nitrogens with one attached hydrogen (secondary N) is 3. The van der Waals surface area contributed by atoms with Gasteiger partial charge in [-0.05, 0) is 166 Å². The van der Waals surface area contributed by atoms with Gasteiger partial charge in [0.15, 0.2) is 0 Å². The van der Waals surface area contributed by atoms with E-state index >= 15 is 0 Å². The Labute approximate surface area is 361 Å². The Morgan fingerprint density at radius 1 is 0.738 bits per heavy atom. The first-order valence-electron chi connectivity index (χ1n) is 22.3. The quantitative estimate of drug-likeness (QED) is 0.257. The van der Waals surface area contributed by atoms with Crippen molar-refractivity contribution in [3.63, 3.8) is 0 Å². The number of carbonyl (C=O) groups excluding carboxylic acids is 5. The molecule has 0 aromatic carbocycles. The summed E-state index contributed by atoms with van der Waals surface area (Å²) in [6.07, 6.45) is 10.6. The number of piperidine rings is 4. The van der Waals surface area contributed by atoms with E-state index in [0.29, 0.717) is 59.9 Å². The van der Waals surface area contributed by atoms with Gasteiger partial charge in [0.2, 0.25) is 0 Å². The van der Waals surface area contributed by atoms with Crippen LogP contribution in [0.3, 0.4) is 0 Å². The predicted octanol–water partition coefficient (Wildman–Crippen LogP) is 5.14. The van der Waals surface area contributed by atoms with Crippen LogP contribution < -0.4 is 21.7 Å². The Hall–Kier alpha value is -4.83. The third-order valence-electron chi connectivity index (χ3n) is 13.0. The minimum atomic E-state index is -0.711. The minimum Gasteiger partial charge on any atom is -0.444 e. The highest BCUT2D eigenvalue weighted by Gasteiger charge is 2.40. The topological polar surface area (TPSA) is 195 Å². The number of hydrogen-bond acceptors (Lipinski definition) is 11. The van der Waals surface area contributed by atoms with Gasteiger partial charge >= 0.3 is 29.7 Å². The highest BCUT2D eigenvalue weighted by molar-refractivity contribution is 6.40. The summed E-state index contributed by atoms with van der Waals surface area (Å²) in [6, 6.07) is 3.55. The van der Waals surface area contributed by atoms with Crippen LogP contribution in [0, 0.1) is 30.6 Å². The number of aromatic nitrogens is 2. The van der Waals surface area contributed by atoms with Crippen molar-refractivity contribution < 1.29 is 28.7 Å². The molecule has 4 saturated heterocycles. The second-order valence-electron chi connectivity index (χ2n) is 19.2. The molecule has 6 heterocycles. The smallest absolute Gasteiger partial charge is 0.413 e. The van der Waals surface area contributed by atoms with Gasteiger partial charge in [0.05, 0.1) is 23.8 Å². The number of nitrogen functional groups attached to an aromatic ring is 1. The summed E-state index contributed by atoms with van der Waals surface area (Å²) in [6.45, 7) is 16.9. The zero-order chi connectivity index (χ0) is 44.0. The van der Waals surface area contributed by atoms with E-state index in [4.69, 9.17) is 10.5 Å². The number of anilines is 4. The fourth-order valence-corrected chi connectivity index (χ4v) is 9.64. The van der Waals surface area contributed by atoms with Crippen molar-refractivity contribution in [2.45, 2.75) is 117 Å². The fourth-order valence-electron chi connectivity index (χ4n) is 9.64. The molecule has 16 nitrogen and oxygen atoms in total. The number of hydrogen-bond donors (Lipinski definition) is 4. The monoisotopic (exact) mass is 845 g/mol. The van der Waals surface area contributed by atoms with Crippen molar-refractivity contribution in [2.75, 3.05) is 74.5 Å². The van der Waals surface area contributed by atoms with Crippen molar-refractivity contribution in [3.05, 3.63) is 35.7 Å². The summed E-state index contributed by atoms with van der Waals surface area (Å²) in [5, 5.41) is 8.19. The first-order valence-corrected chi connectivity index (χ1v) is 22.3. The zero-order valence-electron chi connectivity index (χ0n) is 37.3. The SMILES string of the molecule is Cc1cc(NC(=O)C(=O)N2C[C@@H](C)CC[C@@H]2C2CCN(CCc3cc(NC(=O)C(=O)N4C[C@@H](C)CC[C@@H]4C4CCN(C)CC4)cnc3N)CC2)cnc1NC(=O)OC(C)(C)C. The summed E-state index contributed by atoms with van der Waals surface area (Å²) in [5.74, 6) is -0.370. The van der Waals surface area contributed by atoms with Crippen molar-refractivity contribution in [1.82, 2.24) is 29.6 Å². The van der Waals surface area contributed by atoms with Crippen LogP contribution in [0.15, 0.2) is 24.5 Å². The molecule has 0 saturated carbocycles. The molecular formula is C45H68N10O6. The third-order valence-corrected chi connectivity index (χ3v) is 13.0. The van der Waals surface area contributed by atoms with Crippen LogP contribution in [0.2, 0.25) is 0 Å². The lowest BCUT2D eigenvalue weighted by molar-refractivity contribution is -0.148. The van der Waals surface area contributed by atoms with Crippen LogP contribution in [0.4, 0.5) is 27.8 Å². The Bertz CT molecular complexity index is 1900. The van der Waals surface area contributed by atoms with Gasteiger partial charge in [-0.25, -0.2) is 14.8 Å². The molecule has 0 bridgehead atoms. The van der Waals surface area contributed by atoms with Gasteiger partial charge in [-0.1, -0.05) is 13.8 Å². The number of rotatable bonds is 8. The maximum absolute atomic E-state index is 13.7. The van der Waals surface area contributed by atoms with Gasteiger partial charge < -0.3 is 40.7 Å². The molecule has 4 atom stereocenters. The number of nitrogens with zero attached hydrogens (tertiary/aromatic N) is 6. The molecule has 4 aliphatic heterocycles. The Kier molecular flexibility index (Phi) is 14.9. The lowest BCUT2D eigenvalue weighted by atomic mass is 9.81. The van der Waals surface area contributed by atoms with Crippen LogP contribution in [-0.2, 0) is 30.3 Å². The summed E-state index contributed by atoms with van der Waals surface area (Å²) >= 11 is 0. The second-order valence-corrected chi connectivity index (χ2v) is 19.2. The standard InChI is InChI=1S/C45H68N10O6/c1-28-8-10-36(31-12-17-52(7)18-13-31)54(26-28)43(59)41(57)50-35-23-33(38(46)47-24-35)16-21-53-19-14-32(15-20-53)37-11-9-29(2)27-55(37)42(58)40(56)49-34-22-30(3)39(48-25-34)51-44(60)61-45(4,5)6/h22-25,28-29,31-32,36-37H,8-21,26-27H2,1-7H3,(H2,46,47)(H,49,56)(H,50,57)(H,48,51,60)/t28-,29-,36+,37+/m0/s1. The average Bonchev–Trinajstić information content (AvgIpc) is 3.21. The molecule has 0 radical (unpaired) electrons. The molecule has 334 valence electrons. The lowest BCUT2D eigenvalue weighted by Crippen LogP contribution is -2.54. The molecule has 6 rings (SSSR count). The largest absolute Gasteiger partial charge is 0.444 e. The van der Waals surface area contributed by atoms with Gasteiger partial charge in [0, 0.05) is 31.7 Å².